The third kappa shape index (κ3) is 2.80. The van der Waals surface area contributed by atoms with Crippen molar-refractivity contribution in [3.05, 3.63) is 35.6 Å². The molecule has 0 saturated carbocycles. The van der Waals surface area contributed by atoms with Gasteiger partial charge in [-0.3, -0.25) is 4.90 Å². The molecule has 1 aliphatic heterocycles. The van der Waals surface area contributed by atoms with Crippen LogP contribution in [0.15, 0.2) is 28.7 Å². The zero-order valence-corrected chi connectivity index (χ0v) is 12.0. The second-order valence-electron chi connectivity index (χ2n) is 5.42. The van der Waals surface area contributed by atoms with E-state index in [9.17, 15) is 9.90 Å². The van der Waals surface area contributed by atoms with Crippen molar-refractivity contribution < 1.29 is 19.1 Å². The van der Waals surface area contributed by atoms with E-state index in [-0.39, 0.29) is 5.76 Å². The van der Waals surface area contributed by atoms with Crippen LogP contribution in [0.2, 0.25) is 0 Å². The van der Waals surface area contributed by atoms with Crippen LogP contribution in [0, 0.1) is 0 Å². The van der Waals surface area contributed by atoms with E-state index in [4.69, 9.17) is 9.15 Å². The van der Waals surface area contributed by atoms with Gasteiger partial charge in [0.2, 0.25) is 5.76 Å². The van der Waals surface area contributed by atoms with Gasteiger partial charge in [-0.15, -0.1) is 0 Å². The number of carboxylic acids is 1. The topological polar surface area (TPSA) is 62.9 Å². The molecule has 5 heteroatoms. The first-order valence-corrected chi connectivity index (χ1v) is 7.18. The Labute approximate surface area is 123 Å². The van der Waals surface area contributed by atoms with Crippen molar-refractivity contribution in [2.24, 2.45) is 0 Å². The van der Waals surface area contributed by atoms with Gasteiger partial charge in [-0.1, -0.05) is 18.2 Å². The normalized spacial score (nSPS) is 17.4. The van der Waals surface area contributed by atoms with Gasteiger partial charge < -0.3 is 14.3 Å². The molecule has 0 amide bonds. The van der Waals surface area contributed by atoms with Crippen LogP contribution in [-0.2, 0) is 11.3 Å². The van der Waals surface area contributed by atoms with Crippen molar-refractivity contribution in [3.63, 3.8) is 0 Å². The number of benzene rings is 1. The van der Waals surface area contributed by atoms with Crippen molar-refractivity contribution >= 4 is 16.9 Å². The SMILES string of the molecule is COC1CCN(Cc2c(C(=O)O)oc3ccccc23)CC1. The lowest BCUT2D eigenvalue weighted by Gasteiger charge is -2.31. The van der Waals surface area contributed by atoms with Crippen molar-refractivity contribution in [1.29, 1.82) is 0 Å². The Kier molecular flexibility index (Phi) is 3.94. The number of methoxy groups -OCH3 is 1. The summed E-state index contributed by atoms with van der Waals surface area (Å²) >= 11 is 0. The molecule has 1 saturated heterocycles. The summed E-state index contributed by atoms with van der Waals surface area (Å²) in [7, 11) is 1.74. The molecule has 2 heterocycles. The lowest BCUT2D eigenvalue weighted by molar-refractivity contribution is 0.0385. The number of carbonyl (C=O) groups is 1. The number of likely N-dealkylation sites (tertiary alicyclic amines) is 1. The van der Waals surface area contributed by atoms with Crippen molar-refractivity contribution in [3.8, 4) is 0 Å². The molecule has 5 nitrogen and oxygen atoms in total. The summed E-state index contributed by atoms with van der Waals surface area (Å²) in [5.74, 6) is -0.946. The van der Waals surface area contributed by atoms with Gasteiger partial charge in [-0.05, 0) is 18.9 Å². The van der Waals surface area contributed by atoms with Gasteiger partial charge in [0.15, 0.2) is 0 Å². The fraction of sp³-hybridized carbons (Fsp3) is 0.438. The molecule has 1 aromatic heterocycles. The van der Waals surface area contributed by atoms with Crippen LogP contribution in [0.1, 0.15) is 29.0 Å². The standard InChI is InChI=1S/C16H19NO4/c1-20-11-6-8-17(9-7-11)10-13-12-4-2-3-5-14(12)21-15(13)16(18)19/h2-5,11H,6-10H2,1H3,(H,18,19). The van der Waals surface area contributed by atoms with E-state index in [0.29, 0.717) is 18.2 Å². The van der Waals surface area contributed by atoms with Crippen LogP contribution in [0.3, 0.4) is 0 Å². The minimum absolute atomic E-state index is 0.0602. The van der Waals surface area contributed by atoms with Crippen LogP contribution in [0.25, 0.3) is 11.0 Å². The molecular formula is C16H19NO4. The summed E-state index contributed by atoms with van der Waals surface area (Å²) in [5, 5.41) is 10.2. The maximum atomic E-state index is 11.4. The summed E-state index contributed by atoms with van der Waals surface area (Å²) in [5.41, 5.74) is 1.41. The number of ether oxygens (including phenoxy) is 1. The fourth-order valence-electron chi connectivity index (χ4n) is 2.96. The highest BCUT2D eigenvalue weighted by atomic mass is 16.5. The van der Waals surface area contributed by atoms with Gasteiger partial charge in [-0.25, -0.2) is 4.79 Å². The highest BCUT2D eigenvalue weighted by Crippen LogP contribution is 2.28. The maximum absolute atomic E-state index is 11.4. The number of aromatic carboxylic acids is 1. The van der Waals surface area contributed by atoms with Gasteiger partial charge in [0.05, 0.1) is 6.10 Å². The average molecular weight is 289 g/mol. The summed E-state index contributed by atoms with van der Waals surface area (Å²) in [6, 6.07) is 7.49. The number of nitrogens with zero attached hydrogens (tertiary/aromatic N) is 1. The molecule has 1 fully saturated rings. The third-order valence-corrected chi connectivity index (χ3v) is 4.14. The molecule has 0 radical (unpaired) electrons. The number of piperidine rings is 1. The second-order valence-corrected chi connectivity index (χ2v) is 5.42. The highest BCUT2D eigenvalue weighted by molar-refractivity contribution is 5.95. The Morgan fingerprint density at radius 3 is 2.76 bits per heavy atom. The zero-order valence-electron chi connectivity index (χ0n) is 12.0. The summed E-state index contributed by atoms with van der Waals surface area (Å²) < 4.78 is 10.9. The Morgan fingerprint density at radius 1 is 1.38 bits per heavy atom. The Hall–Kier alpha value is -1.85. The fourth-order valence-corrected chi connectivity index (χ4v) is 2.96. The Bertz CT molecular complexity index is 641. The van der Waals surface area contributed by atoms with Gasteiger partial charge in [0, 0.05) is 37.7 Å². The van der Waals surface area contributed by atoms with Crippen LogP contribution in [0.5, 0.6) is 0 Å². The van der Waals surface area contributed by atoms with Gasteiger partial charge in [-0.2, -0.15) is 0 Å². The quantitative estimate of drug-likeness (QED) is 0.937. The monoisotopic (exact) mass is 289 g/mol. The van der Waals surface area contributed by atoms with E-state index >= 15 is 0 Å². The number of carboxylic acid groups (broad SMARTS) is 1. The van der Waals surface area contributed by atoms with E-state index in [1.807, 2.05) is 24.3 Å². The van der Waals surface area contributed by atoms with Gasteiger partial charge in [0.1, 0.15) is 5.58 Å². The Balaban J connectivity index is 1.86. The first-order chi connectivity index (χ1) is 10.2. The molecular weight excluding hydrogens is 270 g/mol. The second kappa shape index (κ2) is 5.87. The molecule has 21 heavy (non-hydrogen) atoms. The van der Waals surface area contributed by atoms with Crippen LogP contribution in [-0.4, -0.2) is 42.3 Å². The predicted molar refractivity (Wildman–Crippen MR) is 78.5 cm³/mol. The van der Waals surface area contributed by atoms with E-state index < -0.39 is 5.97 Å². The molecule has 1 N–H and O–H groups in total. The Morgan fingerprint density at radius 2 is 2.10 bits per heavy atom. The smallest absolute Gasteiger partial charge is 0.372 e. The first kappa shape index (κ1) is 14.1. The van der Waals surface area contributed by atoms with Gasteiger partial charge in [0.25, 0.3) is 0 Å². The molecule has 2 aromatic rings. The predicted octanol–water partition coefficient (Wildman–Crippen LogP) is 2.74. The van der Waals surface area contributed by atoms with Crippen molar-refractivity contribution in [2.45, 2.75) is 25.5 Å². The van der Waals surface area contributed by atoms with Crippen LogP contribution < -0.4 is 0 Å². The zero-order chi connectivity index (χ0) is 14.8. The van der Waals surface area contributed by atoms with E-state index in [0.717, 1.165) is 36.9 Å². The van der Waals surface area contributed by atoms with Crippen LogP contribution >= 0.6 is 0 Å². The third-order valence-electron chi connectivity index (χ3n) is 4.14. The molecule has 0 unspecified atom stereocenters. The summed E-state index contributed by atoms with van der Waals surface area (Å²) in [6.07, 6.45) is 2.28. The average Bonchev–Trinajstić information content (AvgIpc) is 2.87. The van der Waals surface area contributed by atoms with Gasteiger partial charge >= 0.3 is 5.97 Å². The molecule has 1 aliphatic rings. The largest absolute Gasteiger partial charge is 0.475 e. The molecule has 1 aromatic carbocycles. The number of hydrogen-bond acceptors (Lipinski definition) is 4. The minimum atomic E-state index is -1.01. The number of furan rings is 1. The van der Waals surface area contributed by atoms with Crippen molar-refractivity contribution in [1.82, 2.24) is 4.90 Å². The highest BCUT2D eigenvalue weighted by Gasteiger charge is 2.24. The van der Waals surface area contributed by atoms with Crippen LogP contribution in [0.4, 0.5) is 0 Å². The minimum Gasteiger partial charge on any atom is -0.475 e. The molecule has 3 rings (SSSR count). The molecule has 0 bridgehead atoms. The molecule has 0 atom stereocenters. The number of hydrogen-bond donors (Lipinski definition) is 1. The first-order valence-electron chi connectivity index (χ1n) is 7.18. The lowest BCUT2D eigenvalue weighted by Crippen LogP contribution is -2.36. The molecule has 112 valence electrons. The lowest BCUT2D eigenvalue weighted by atomic mass is 10.1. The number of para-hydroxylation sites is 1. The number of fused-ring (bicyclic) bond motifs is 1. The number of rotatable bonds is 4. The van der Waals surface area contributed by atoms with E-state index in [2.05, 4.69) is 4.90 Å². The van der Waals surface area contributed by atoms with Crippen molar-refractivity contribution in [2.75, 3.05) is 20.2 Å². The molecule has 0 aliphatic carbocycles. The molecule has 0 spiro atoms. The summed E-state index contributed by atoms with van der Waals surface area (Å²) in [4.78, 5) is 13.7. The summed E-state index contributed by atoms with van der Waals surface area (Å²) in [6.45, 7) is 2.43. The van der Waals surface area contributed by atoms with E-state index in [1.54, 1.807) is 7.11 Å². The maximum Gasteiger partial charge on any atom is 0.372 e. The van der Waals surface area contributed by atoms with E-state index in [1.165, 1.54) is 0 Å².